The van der Waals surface area contributed by atoms with Gasteiger partial charge in [0.15, 0.2) is 11.6 Å². The molecule has 7 nitrogen and oxygen atoms in total. The predicted molar refractivity (Wildman–Crippen MR) is 128 cm³/mol. The number of imidazole rings is 1. The first-order valence-electron chi connectivity index (χ1n) is 12.6. The van der Waals surface area contributed by atoms with Crippen molar-refractivity contribution in [3.05, 3.63) is 65.9 Å². The maximum absolute atomic E-state index is 14.0. The van der Waals surface area contributed by atoms with Gasteiger partial charge in [0.2, 0.25) is 0 Å². The molecule has 1 saturated carbocycles. The van der Waals surface area contributed by atoms with Crippen LogP contribution in [0.1, 0.15) is 66.8 Å². The highest BCUT2D eigenvalue weighted by Gasteiger charge is 2.51. The lowest BCUT2D eigenvalue weighted by molar-refractivity contribution is -0.110. The fourth-order valence-electron chi connectivity index (χ4n) is 6.46. The van der Waals surface area contributed by atoms with Gasteiger partial charge in [0.05, 0.1) is 5.60 Å². The third-order valence-electron chi connectivity index (χ3n) is 8.10. The Morgan fingerprint density at radius 3 is 2.59 bits per heavy atom. The SMILES string of the molecule is O=C(c1nc(-c2ncccn2)c2n1CCCC2)N1CCC(O)(c2ccccc2)[C@@H]2CCCC[C@@H]21. The zero-order chi connectivity index (χ0) is 23.1. The number of likely N-dealkylation sites (tertiary alicyclic amines) is 1. The van der Waals surface area contributed by atoms with Gasteiger partial charge in [-0.2, -0.15) is 0 Å². The van der Waals surface area contributed by atoms with Gasteiger partial charge in [0.1, 0.15) is 5.69 Å². The maximum atomic E-state index is 14.0. The summed E-state index contributed by atoms with van der Waals surface area (Å²) in [6, 6.07) is 11.8. The van der Waals surface area contributed by atoms with Gasteiger partial charge in [0, 0.05) is 43.1 Å². The number of fused-ring (bicyclic) bond motifs is 2. The van der Waals surface area contributed by atoms with E-state index in [1.807, 2.05) is 35.2 Å². The number of aromatic nitrogens is 4. The number of benzene rings is 1. The van der Waals surface area contributed by atoms with Gasteiger partial charge in [-0.15, -0.1) is 0 Å². The summed E-state index contributed by atoms with van der Waals surface area (Å²) in [7, 11) is 0. The number of rotatable bonds is 3. The largest absolute Gasteiger partial charge is 0.385 e. The molecule has 176 valence electrons. The molecule has 1 N–H and O–H groups in total. The highest BCUT2D eigenvalue weighted by atomic mass is 16.3. The number of nitrogens with zero attached hydrogens (tertiary/aromatic N) is 5. The molecule has 4 heterocycles. The maximum Gasteiger partial charge on any atom is 0.290 e. The average molecular weight is 458 g/mol. The van der Waals surface area contributed by atoms with Gasteiger partial charge >= 0.3 is 0 Å². The number of carbonyl (C=O) groups excluding carboxylic acids is 1. The molecular formula is C27H31N5O2. The van der Waals surface area contributed by atoms with Crippen molar-refractivity contribution in [3.63, 3.8) is 0 Å². The van der Waals surface area contributed by atoms with Crippen LogP contribution in [0.25, 0.3) is 11.5 Å². The van der Waals surface area contributed by atoms with Crippen LogP contribution < -0.4 is 0 Å². The average Bonchev–Trinajstić information content (AvgIpc) is 3.30. The van der Waals surface area contributed by atoms with E-state index in [9.17, 15) is 9.90 Å². The first-order chi connectivity index (χ1) is 16.7. The van der Waals surface area contributed by atoms with Crippen LogP contribution in [0.15, 0.2) is 48.8 Å². The molecule has 1 saturated heterocycles. The Kier molecular flexibility index (Phi) is 5.44. The van der Waals surface area contributed by atoms with E-state index in [1.54, 1.807) is 18.5 Å². The van der Waals surface area contributed by atoms with Crippen LogP contribution >= 0.6 is 0 Å². The third kappa shape index (κ3) is 3.45. The Morgan fingerprint density at radius 2 is 1.76 bits per heavy atom. The Bertz CT molecular complexity index is 1180. The van der Waals surface area contributed by atoms with Gasteiger partial charge in [-0.05, 0) is 50.2 Å². The molecular weight excluding hydrogens is 426 g/mol. The van der Waals surface area contributed by atoms with E-state index < -0.39 is 5.60 Å². The Morgan fingerprint density at radius 1 is 0.971 bits per heavy atom. The molecule has 0 bridgehead atoms. The highest BCUT2D eigenvalue weighted by Crippen LogP contribution is 2.47. The topological polar surface area (TPSA) is 84.1 Å². The summed E-state index contributed by atoms with van der Waals surface area (Å²) in [5.74, 6) is 1.11. The van der Waals surface area contributed by atoms with Crippen molar-refractivity contribution in [3.8, 4) is 11.5 Å². The summed E-state index contributed by atoms with van der Waals surface area (Å²) < 4.78 is 2.10. The summed E-state index contributed by atoms with van der Waals surface area (Å²) in [6.07, 6.45) is 11.0. The van der Waals surface area contributed by atoms with Crippen LogP contribution in [0.2, 0.25) is 0 Å². The summed E-state index contributed by atoms with van der Waals surface area (Å²) in [4.78, 5) is 29.7. The molecule has 3 aliphatic rings. The van der Waals surface area contributed by atoms with E-state index in [-0.39, 0.29) is 17.9 Å². The summed E-state index contributed by atoms with van der Waals surface area (Å²) >= 11 is 0. The van der Waals surface area contributed by atoms with E-state index in [0.717, 1.165) is 68.4 Å². The van der Waals surface area contributed by atoms with Crippen LogP contribution in [0, 0.1) is 5.92 Å². The number of aliphatic hydroxyl groups is 1. The van der Waals surface area contributed by atoms with Crippen LogP contribution in [0.5, 0.6) is 0 Å². The van der Waals surface area contributed by atoms with Crippen molar-refractivity contribution in [2.75, 3.05) is 6.54 Å². The molecule has 1 unspecified atom stereocenters. The Labute approximate surface area is 199 Å². The molecule has 2 fully saturated rings. The van der Waals surface area contributed by atoms with Crippen molar-refractivity contribution in [2.45, 2.75) is 69.6 Å². The molecule has 6 rings (SSSR count). The lowest BCUT2D eigenvalue weighted by Crippen LogP contribution is -2.59. The van der Waals surface area contributed by atoms with E-state index >= 15 is 0 Å². The standard InChI is InChI=1S/C27H31N5O2/c33-26(25-30-23(24-28-15-8-16-29-24)22-13-6-7-17-31(22)25)32-18-14-27(34,19-9-2-1-3-10-19)20-11-4-5-12-21(20)32/h1-3,8-10,15-16,20-21,34H,4-7,11-14,17-18H2/t20-,21+,27?/m1/s1. The fraction of sp³-hybridized carbons (Fsp3) is 0.481. The van der Waals surface area contributed by atoms with Crippen molar-refractivity contribution in [1.82, 2.24) is 24.4 Å². The van der Waals surface area contributed by atoms with E-state index in [2.05, 4.69) is 14.5 Å². The lowest BCUT2D eigenvalue weighted by Gasteiger charge is -2.52. The number of hydrogen-bond acceptors (Lipinski definition) is 5. The lowest BCUT2D eigenvalue weighted by atomic mass is 9.66. The molecule has 1 amide bonds. The van der Waals surface area contributed by atoms with E-state index in [1.165, 1.54) is 0 Å². The second kappa shape index (κ2) is 8.62. The molecule has 1 aliphatic carbocycles. The second-order valence-corrected chi connectivity index (χ2v) is 9.91. The van der Waals surface area contributed by atoms with Gasteiger partial charge in [-0.1, -0.05) is 43.2 Å². The summed E-state index contributed by atoms with van der Waals surface area (Å²) in [5, 5.41) is 11.9. The minimum Gasteiger partial charge on any atom is -0.385 e. The monoisotopic (exact) mass is 457 g/mol. The number of hydrogen-bond donors (Lipinski definition) is 1. The van der Waals surface area contributed by atoms with Gasteiger partial charge in [-0.25, -0.2) is 15.0 Å². The molecule has 3 atom stereocenters. The Hall–Kier alpha value is -3.06. The minimum absolute atomic E-state index is 0.0163. The van der Waals surface area contributed by atoms with Crippen molar-refractivity contribution in [2.24, 2.45) is 5.92 Å². The number of carbonyl (C=O) groups is 1. The second-order valence-electron chi connectivity index (χ2n) is 9.91. The van der Waals surface area contributed by atoms with Gasteiger partial charge in [0.25, 0.3) is 5.91 Å². The smallest absolute Gasteiger partial charge is 0.290 e. The number of piperidine rings is 1. The van der Waals surface area contributed by atoms with Crippen molar-refractivity contribution in [1.29, 1.82) is 0 Å². The molecule has 2 aromatic heterocycles. The molecule has 1 aromatic carbocycles. The zero-order valence-corrected chi connectivity index (χ0v) is 19.4. The summed E-state index contributed by atoms with van der Waals surface area (Å²) in [5.41, 5.74) is 1.89. The first kappa shape index (κ1) is 21.5. The predicted octanol–water partition coefficient (Wildman–Crippen LogP) is 3.97. The molecule has 34 heavy (non-hydrogen) atoms. The molecule has 3 aromatic rings. The van der Waals surface area contributed by atoms with Crippen LogP contribution in [0.3, 0.4) is 0 Å². The molecule has 0 radical (unpaired) electrons. The van der Waals surface area contributed by atoms with Crippen LogP contribution in [-0.4, -0.2) is 48.0 Å². The van der Waals surface area contributed by atoms with Crippen molar-refractivity contribution < 1.29 is 9.90 Å². The van der Waals surface area contributed by atoms with Gasteiger partial charge < -0.3 is 14.6 Å². The Balaban J connectivity index is 1.36. The number of amides is 1. The third-order valence-corrected chi connectivity index (χ3v) is 8.10. The quantitative estimate of drug-likeness (QED) is 0.643. The van der Waals surface area contributed by atoms with Crippen molar-refractivity contribution >= 4 is 5.91 Å². The molecule has 7 heteroatoms. The van der Waals surface area contributed by atoms with Crippen LogP contribution in [0.4, 0.5) is 0 Å². The van der Waals surface area contributed by atoms with Gasteiger partial charge in [-0.3, -0.25) is 4.79 Å². The first-order valence-corrected chi connectivity index (χ1v) is 12.6. The normalized spacial score (nSPS) is 26.6. The van der Waals surface area contributed by atoms with Crippen LogP contribution in [-0.2, 0) is 18.6 Å². The highest BCUT2D eigenvalue weighted by molar-refractivity contribution is 5.92. The summed E-state index contributed by atoms with van der Waals surface area (Å²) in [6.45, 7) is 1.33. The fourth-order valence-corrected chi connectivity index (χ4v) is 6.46. The zero-order valence-electron chi connectivity index (χ0n) is 19.4. The molecule has 0 spiro atoms. The van der Waals surface area contributed by atoms with E-state index in [0.29, 0.717) is 24.6 Å². The minimum atomic E-state index is -0.891. The molecule has 2 aliphatic heterocycles. The van der Waals surface area contributed by atoms with E-state index in [4.69, 9.17) is 4.98 Å².